The monoisotopic (exact) mass is 365 g/mol. The van der Waals surface area contributed by atoms with Crippen LogP contribution in [0, 0.1) is 0 Å². The first-order valence-electron chi connectivity index (χ1n) is 6.34. The Labute approximate surface area is 139 Å². The Bertz CT molecular complexity index is 621. The molecule has 1 N–H and O–H groups in total. The second-order valence-corrected chi connectivity index (χ2v) is 8.69. The summed E-state index contributed by atoms with van der Waals surface area (Å²) in [6.07, 6.45) is 1.73. The molecular weight excluding hydrogens is 350 g/mol. The largest absolute Gasteiger partial charge is 0.359 e. The number of sulfonamides is 1. The Hall–Kier alpha value is -0.670. The summed E-state index contributed by atoms with van der Waals surface area (Å²) in [7, 11) is -3.45. The standard InChI is InChI=1S/C12H16ClN3O2S3/c1-2-5-14-12(19)15-6-8-16(9-7-15)21(17,18)11-4-3-10(13)20-11/h2-4H,1,5-9H2,(H,14,19). The van der Waals surface area contributed by atoms with Crippen molar-refractivity contribution in [2.75, 3.05) is 32.7 Å². The molecule has 1 aliphatic heterocycles. The lowest BCUT2D eigenvalue weighted by atomic mass is 10.4. The highest BCUT2D eigenvalue weighted by atomic mass is 35.5. The molecule has 1 fully saturated rings. The van der Waals surface area contributed by atoms with E-state index in [4.69, 9.17) is 23.8 Å². The van der Waals surface area contributed by atoms with Crippen LogP contribution in [-0.2, 0) is 10.0 Å². The van der Waals surface area contributed by atoms with Crippen LogP contribution in [0.1, 0.15) is 0 Å². The Balaban J connectivity index is 1.97. The van der Waals surface area contributed by atoms with Crippen molar-refractivity contribution >= 4 is 50.3 Å². The number of halogens is 1. The molecule has 0 amide bonds. The van der Waals surface area contributed by atoms with Crippen LogP contribution < -0.4 is 5.32 Å². The number of thiophene rings is 1. The quantitative estimate of drug-likeness (QED) is 0.651. The van der Waals surface area contributed by atoms with Crippen molar-refractivity contribution in [1.82, 2.24) is 14.5 Å². The van der Waals surface area contributed by atoms with Gasteiger partial charge in [0.05, 0.1) is 4.34 Å². The van der Waals surface area contributed by atoms with Gasteiger partial charge in [0, 0.05) is 32.7 Å². The zero-order valence-electron chi connectivity index (χ0n) is 11.3. The molecule has 0 spiro atoms. The molecule has 0 atom stereocenters. The number of nitrogens with zero attached hydrogens (tertiary/aromatic N) is 2. The van der Waals surface area contributed by atoms with Crippen molar-refractivity contribution in [3.8, 4) is 0 Å². The van der Waals surface area contributed by atoms with Crippen LogP contribution >= 0.6 is 35.2 Å². The normalized spacial score (nSPS) is 16.7. The van der Waals surface area contributed by atoms with Gasteiger partial charge in [0.1, 0.15) is 4.21 Å². The first-order chi connectivity index (χ1) is 9.95. The molecule has 21 heavy (non-hydrogen) atoms. The molecule has 0 radical (unpaired) electrons. The van der Waals surface area contributed by atoms with E-state index in [0.717, 1.165) is 11.3 Å². The molecule has 0 aliphatic carbocycles. The number of piperazine rings is 1. The van der Waals surface area contributed by atoms with Crippen molar-refractivity contribution in [3.63, 3.8) is 0 Å². The van der Waals surface area contributed by atoms with Crippen LogP contribution in [0.4, 0.5) is 0 Å². The summed E-state index contributed by atoms with van der Waals surface area (Å²) >= 11 is 12.1. The highest BCUT2D eigenvalue weighted by Crippen LogP contribution is 2.28. The van der Waals surface area contributed by atoms with E-state index >= 15 is 0 Å². The van der Waals surface area contributed by atoms with E-state index < -0.39 is 10.0 Å². The van der Waals surface area contributed by atoms with Crippen molar-refractivity contribution in [2.45, 2.75) is 4.21 Å². The third-order valence-electron chi connectivity index (χ3n) is 3.07. The second kappa shape index (κ2) is 7.06. The molecule has 1 aromatic rings. The summed E-state index contributed by atoms with van der Waals surface area (Å²) < 4.78 is 27.1. The average Bonchev–Trinajstić information content (AvgIpc) is 2.92. The van der Waals surface area contributed by atoms with E-state index in [9.17, 15) is 8.42 Å². The fraction of sp³-hybridized carbons (Fsp3) is 0.417. The second-order valence-electron chi connectivity index (χ2n) is 4.42. The molecule has 1 aromatic heterocycles. The first kappa shape index (κ1) is 16.7. The Morgan fingerprint density at radius 3 is 2.62 bits per heavy atom. The Morgan fingerprint density at radius 1 is 1.43 bits per heavy atom. The van der Waals surface area contributed by atoms with Gasteiger partial charge in [0.25, 0.3) is 10.0 Å². The minimum atomic E-state index is -3.45. The van der Waals surface area contributed by atoms with E-state index in [1.165, 1.54) is 4.31 Å². The average molecular weight is 366 g/mol. The molecule has 9 heteroatoms. The maximum absolute atomic E-state index is 12.4. The zero-order valence-corrected chi connectivity index (χ0v) is 14.5. The van der Waals surface area contributed by atoms with Crippen molar-refractivity contribution in [1.29, 1.82) is 0 Å². The lowest BCUT2D eigenvalue weighted by Gasteiger charge is -2.35. The summed E-state index contributed by atoms with van der Waals surface area (Å²) in [5.41, 5.74) is 0. The van der Waals surface area contributed by atoms with Crippen molar-refractivity contribution < 1.29 is 8.42 Å². The molecule has 0 aromatic carbocycles. The molecule has 0 unspecified atom stereocenters. The number of nitrogens with one attached hydrogen (secondary N) is 1. The minimum Gasteiger partial charge on any atom is -0.359 e. The first-order valence-corrected chi connectivity index (χ1v) is 9.38. The Kier molecular flexibility index (Phi) is 5.61. The molecule has 116 valence electrons. The van der Waals surface area contributed by atoms with Gasteiger partial charge in [0.15, 0.2) is 5.11 Å². The van der Waals surface area contributed by atoms with E-state index in [1.807, 2.05) is 4.90 Å². The lowest BCUT2D eigenvalue weighted by Crippen LogP contribution is -2.52. The van der Waals surface area contributed by atoms with E-state index in [1.54, 1.807) is 18.2 Å². The number of hydrogen-bond acceptors (Lipinski definition) is 4. The Morgan fingerprint density at radius 2 is 2.10 bits per heavy atom. The molecule has 1 aliphatic rings. The maximum atomic E-state index is 12.4. The van der Waals surface area contributed by atoms with Gasteiger partial charge in [-0.2, -0.15) is 4.31 Å². The number of rotatable bonds is 4. The predicted molar refractivity (Wildman–Crippen MR) is 90.5 cm³/mol. The summed E-state index contributed by atoms with van der Waals surface area (Å²) in [5, 5.41) is 3.68. The van der Waals surface area contributed by atoms with E-state index in [2.05, 4.69) is 11.9 Å². The topological polar surface area (TPSA) is 52.6 Å². The maximum Gasteiger partial charge on any atom is 0.252 e. The van der Waals surface area contributed by atoms with Gasteiger partial charge in [-0.15, -0.1) is 17.9 Å². The predicted octanol–water partition coefficient (Wildman–Crippen LogP) is 1.77. The van der Waals surface area contributed by atoms with Gasteiger partial charge < -0.3 is 10.2 Å². The molecule has 0 saturated carbocycles. The lowest BCUT2D eigenvalue weighted by molar-refractivity contribution is 0.265. The van der Waals surface area contributed by atoms with Crippen LogP contribution in [-0.4, -0.2) is 55.5 Å². The van der Waals surface area contributed by atoms with Crippen LogP contribution in [0.3, 0.4) is 0 Å². The molecule has 0 bridgehead atoms. The third-order valence-corrected chi connectivity index (χ3v) is 7.07. The highest BCUT2D eigenvalue weighted by molar-refractivity contribution is 7.91. The SMILES string of the molecule is C=CCNC(=S)N1CCN(S(=O)(=O)c2ccc(Cl)s2)CC1. The van der Waals surface area contributed by atoms with E-state index in [0.29, 0.717) is 42.2 Å². The summed E-state index contributed by atoms with van der Waals surface area (Å²) in [5.74, 6) is 0. The summed E-state index contributed by atoms with van der Waals surface area (Å²) in [6.45, 7) is 6.18. The van der Waals surface area contributed by atoms with Gasteiger partial charge in [-0.25, -0.2) is 8.42 Å². The van der Waals surface area contributed by atoms with Crippen LogP contribution in [0.5, 0.6) is 0 Å². The van der Waals surface area contributed by atoms with Crippen LogP contribution in [0.25, 0.3) is 0 Å². The smallest absolute Gasteiger partial charge is 0.252 e. The zero-order chi connectivity index (χ0) is 15.5. The third kappa shape index (κ3) is 3.95. The van der Waals surface area contributed by atoms with Gasteiger partial charge >= 0.3 is 0 Å². The molecule has 1 saturated heterocycles. The number of hydrogen-bond donors (Lipinski definition) is 1. The van der Waals surface area contributed by atoms with Gasteiger partial charge in [0.2, 0.25) is 0 Å². The molecular formula is C12H16ClN3O2S3. The summed E-state index contributed by atoms with van der Waals surface area (Å²) in [6, 6.07) is 3.15. The number of thiocarbonyl (C=S) groups is 1. The molecule has 2 rings (SSSR count). The van der Waals surface area contributed by atoms with Crippen molar-refractivity contribution in [2.24, 2.45) is 0 Å². The summed E-state index contributed by atoms with van der Waals surface area (Å²) in [4.78, 5) is 1.96. The highest BCUT2D eigenvalue weighted by Gasteiger charge is 2.30. The van der Waals surface area contributed by atoms with Crippen LogP contribution in [0.2, 0.25) is 4.34 Å². The van der Waals surface area contributed by atoms with Gasteiger partial charge in [-0.1, -0.05) is 17.7 Å². The minimum absolute atomic E-state index is 0.285. The van der Waals surface area contributed by atoms with Gasteiger partial charge in [-0.05, 0) is 24.4 Å². The van der Waals surface area contributed by atoms with E-state index in [-0.39, 0.29) is 4.21 Å². The van der Waals surface area contributed by atoms with Crippen molar-refractivity contribution in [3.05, 3.63) is 29.1 Å². The molecule has 2 heterocycles. The van der Waals surface area contributed by atoms with Gasteiger partial charge in [-0.3, -0.25) is 0 Å². The molecule has 5 nitrogen and oxygen atoms in total. The fourth-order valence-electron chi connectivity index (χ4n) is 1.97. The fourth-order valence-corrected chi connectivity index (χ4v) is 5.29. The van der Waals surface area contributed by atoms with Crippen LogP contribution in [0.15, 0.2) is 29.0 Å².